The van der Waals surface area contributed by atoms with E-state index in [9.17, 15) is 18.8 Å². The Morgan fingerprint density at radius 1 is 1.07 bits per heavy atom. The van der Waals surface area contributed by atoms with Crippen molar-refractivity contribution in [1.29, 1.82) is 0 Å². The maximum atomic E-state index is 13.5. The SMILES string of the molecule is Cc1ccc(C(=O)NCCNC(=O)Cc2n[nH]c(=O)c3ccccc23)cc1F. The summed E-state index contributed by atoms with van der Waals surface area (Å²) < 4.78 is 13.5. The average molecular weight is 382 g/mol. The number of halogens is 1. The molecular formula is C20H19FN4O3. The summed E-state index contributed by atoms with van der Waals surface area (Å²) in [6, 6.07) is 11.2. The van der Waals surface area contributed by atoms with Crippen LogP contribution < -0.4 is 16.2 Å². The molecule has 0 fully saturated rings. The zero-order valence-electron chi connectivity index (χ0n) is 15.2. The largest absolute Gasteiger partial charge is 0.354 e. The molecule has 28 heavy (non-hydrogen) atoms. The minimum absolute atomic E-state index is 0.00554. The molecule has 3 rings (SSSR count). The predicted octanol–water partition coefficient (Wildman–Crippen LogP) is 1.46. The summed E-state index contributed by atoms with van der Waals surface area (Å²) in [6.07, 6.45) is -0.00554. The Bertz CT molecular complexity index is 1090. The minimum Gasteiger partial charge on any atom is -0.354 e. The lowest BCUT2D eigenvalue weighted by Crippen LogP contribution is -2.35. The highest BCUT2D eigenvalue weighted by Gasteiger charge is 2.11. The van der Waals surface area contributed by atoms with Crippen molar-refractivity contribution in [3.63, 3.8) is 0 Å². The Labute approximate surface area is 160 Å². The van der Waals surface area contributed by atoms with E-state index in [0.717, 1.165) is 0 Å². The first-order chi connectivity index (χ1) is 13.5. The molecule has 0 aliphatic carbocycles. The molecule has 8 heteroatoms. The number of aromatic nitrogens is 2. The summed E-state index contributed by atoms with van der Waals surface area (Å²) in [5, 5.41) is 12.7. The molecule has 0 aliphatic rings. The van der Waals surface area contributed by atoms with Crippen molar-refractivity contribution in [3.8, 4) is 0 Å². The number of rotatable bonds is 6. The van der Waals surface area contributed by atoms with E-state index in [1.807, 2.05) is 0 Å². The van der Waals surface area contributed by atoms with Crippen molar-refractivity contribution in [3.05, 3.63) is 75.5 Å². The maximum absolute atomic E-state index is 13.5. The Morgan fingerprint density at radius 2 is 1.79 bits per heavy atom. The van der Waals surface area contributed by atoms with Gasteiger partial charge in [-0.1, -0.05) is 24.3 Å². The second-order valence-corrected chi connectivity index (χ2v) is 6.29. The number of aromatic amines is 1. The fraction of sp³-hybridized carbons (Fsp3) is 0.200. The smallest absolute Gasteiger partial charge is 0.272 e. The van der Waals surface area contributed by atoms with Crippen LogP contribution in [0.25, 0.3) is 10.8 Å². The molecule has 0 bridgehead atoms. The Hall–Kier alpha value is -3.55. The molecule has 7 nitrogen and oxygen atoms in total. The highest BCUT2D eigenvalue weighted by Crippen LogP contribution is 2.12. The molecule has 144 valence electrons. The fourth-order valence-electron chi connectivity index (χ4n) is 2.73. The van der Waals surface area contributed by atoms with E-state index in [4.69, 9.17) is 0 Å². The third-order valence-electron chi connectivity index (χ3n) is 4.27. The predicted molar refractivity (Wildman–Crippen MR) is 103 cm³/mol. The van der Waals surface area contributed by atoms with Gasteiger partial charge in [-0.2, -0.15) is 5.10 Å². The van der Waals surface area contributed by atoms with E-state index in [1.54, 1.807) is 37.3 Å². The van der Waals surface area contributed by atoms with Crippen LogP contribution in [-0.4, -0.2) is 35.1 Å². The fourth-order valence-corrected chi connectivity index (χ4v) is 2.73. The van der Waals surface area contributed by atoms with Crippen LogP contribution in [0.5, 0.6) is 0 Å². The Morgan fingerprint density at radius 3 is 2.54 bits per heavy atom. The molecule has 3 aromatic rings. The van der Waals surface area contributed by atoms with Crippen molar-refractivity contribution < 1.29 is 14.0 Å². The highest BCUT2D eigenvalue weighted by atomic mass is 19.1. The minimum atomic E-state index is -0.443. The van der Waals surface area contributed by atoms with E-state index in [0.29, 0.717) is 22.0 Å². The number of nitrogens with one attached hydrogen (secondary N) is 3. The lowest BCUT2D eigenvalue weighted by Gasteiger charge is -2.08. The first kappa shape index (κ1) is 19.2. The number of nitrogens with zero attached hydrogens (tertiary/aromatic N) is 1. The zero-order chi connectivity index (χ0) is 20.1. The molecule has 0 unspecified atom stereocenters. The first-order valence-electron chi connectivity index (χ1n) is 8.73. The van der Waals surface area contributed by atoms with Crippen LogP contribution in [0.3, 0.4) is 0 Å². The van der Waals surface area contributed by atoms with Crippen LogP contribution in [0, 0.1) is 12.7 Å². The molecule has 0 aliphatic heterocycles. The summed E-state index contributed by atoms with van der Waals surface area (Å²) in [7, 11) is 0. The molecule has 0 saturated carbocycles. The third-order valence-corrected chi connectivity index (χ3v) is 4.27. The van der Waals surface area contributed by atoms with Crippen molar-refractivity contribution in [1.82, 2.24) is 20.8 Å². The topological polar surface area (TPSA) is 104 Å². The van der Waals surface area contributed by atoms with Gasteiger partial charge in [0.2, 0.25) is 5.91 Å². The van der Waals surface area contributed by atoms with Crippen LogP contribution in [0.2, 0.25) is 0 Å². The lowest BCUT2D eigenvalue weighted by molar-refractivity contribution is -0.120. The molecule has 0 saturated heterocycles. The van der Waals surface area contributed by atoms with Crippen molar-refractivity contribution in [2.45, 2.75) is 13.3 Å². The summed E-state index contributed by atoms with van der Waals surface area (Å²) in [5.74, 6) is -1.15. The average Bonchev–Trinajstić information content (AvgIpc) is 2.69. The van der Waals surface area contributed by atoms with Gasteiger partial charge in [-0.15, -0.1) is 0 Å². The lowest BCUT2D eigenvalue weighted by atomic mass is 10.1. The zero-order valence-corrected chi connectivity index (χ0v) is 15.2. The Balaban J connectivity index is 1.51. The molecule has 0 radical (unpaired) electrons. The molecule has 3 N–H and O–H groups in total. The number of hydrogen-bond donors (Lipinski definition) is 3. The Kier molecular flexibility index (Phi) is 5.78. The number of H-pyrrole nitrogens is 1. The van der Waals surface area contributed by atoms with Gasteiger partial charge in [-0.05, 0) is 30.7 Å². The van der Waals surface area contributed by atoms with Crippen LogP contribution in [0.15, 0.2) is 47.3 Å². The number of amides is 2. The number of carbonyl (C=O) groups excluding carboxylic acids is 2. The summed E-state index contributed by atoms with van der Waals surface area (Å²) in [6.45, 7) is 2.02. The van der Waals surface area contributed by atoms with Crippen LogP contribution in [-0.2, 0) is 11.2 Å². The van der Waals surface area contributed by atoms with Gasteiger partial charge in [0.1, 0.15) is 5.82 Å². The first-order valence-corrected chi connectivity index (χ1v) is 8.73. The molecular weight excluding hydrogens is 363 g/mol. The monoisotopic (exact) mass is 382 g/mol. The van der Waals surface area contributed by atoms with Gasteiger partial charge < -0.3 is 10.6 Å². The van der Waals surface area contributed by atoms with Gasteiger partial charge in [0.15, 0.2) is 0 Å². The molecule has 1 aromatic heterocycles. The van der Waals surface area contributed by atoms with E-state index < -0.39 is 11.7 Å². The van der Waals surface area contributed by atoms with Gasteiger partial charge in [-0.3, -0.25) is 14.4 Å². The van der Waals surface area contributed by atoms with Crippen molar-refractivity contribution >= 4 is 22.6 Å². The number of fused-ring (bicyclic) bond motifs is 1. The van der Waals surface area contributed by atoms with Gasteiger partial charge in [-0.25, -0.2) is 9.49 Å². The molecule has 0 atom stereocenters. The molecule has 1 heterocycles. The van der Waals surface area contributed by atoms with Gasteiger partial charge in [0.05, 0.1) is 17.5 Å². The number of benzene rings is 2. The van der Waals surface area contributed by atoms with Crippen LogP contribution in [0.4, 0.5) is 4.39 Å². The van der Waals surface area contributed by atoms with Crippen molar-refractivity contribution in [2.75, 3.05) is 13.1 Å². The van der Waals surface area contributed by atoms with E-state index in [-0.39, 0.29) is 36.5 Å². The highest BCUT2D eigenvalue weighted by molar-refractivity contribution is 5.94. The van der Waals surface area contributed by atoms with Crippen molar-refractivity contribution in [2.24, 2.45) is 0 Å². The number of carbonyl (C=O) groups is 2. The van der Waals surface area contributed by atoms with E-state index in [2.05, 4.69) is 20.8 Å². The summed E-state index contributed by atoms with van der Waals surface area (Å²) >= 11 is 0. The quantitative estimate of drug-likeness (QED) is 0.562. The third kappa shape index (κ3) is 4.40. The summed E-state index contributed by atoms with van der Waals surface area (Å²) in [5.41, 5.74) is 0.840. The normalized spacial score (nSPS) is 10.6. The van der Waals surface area contributed by atoms with Crippen LogP contribution >= 0.6 is 0 Å². The maximum Gasteiger partial charge on any atom is 0.272 e. The number of hydrogen-bond acceptors (Lipinski definition) is 4. The van der Waals surface area contributed by atoms with Gasteiger partial charge >= 0.3 is 0 Å². The van der Waals surface area contributed by atoms with Gasteiger partial charge in [0, 0.05) is 24.0 Å². The van der Waals surface area contributed by atoms with Crippen LogP contribution in [0.1, 0.15) is 21.6 Å². The molecule has 2 aromatic carbocycles. The number of aryl methyl sites for hydroxylation is 1. The standard InChI is InChI=1S/C20H19FN4O3/c1-12-6-7-13(10-16(12)21)19(27)23-9-8-22-18(26)11-17-14-4-2-3-5-15(14)20(28)25-24-17/h2-7,10H,8-9,11H2,1H3,(H,22,26)(H,23,27)(H,25,28). The second-order valence-electron chi connectivity index (χ2n) is 6.29. The molecule has 0 spiro atoms. The van der Waals surface area contributed by atoms with Gasteiger partial charge in [0.25, 0.3) is 11.5 Å². The van der Waals surface area contributed by atoms with E-state index >= 15 is 0 Å². The molecule has 2 amide bonds. The summed E-state index contributed by atoms with van der Waals surface area (Å²) in [4.78, 5) is 35.9. The van der Waals surface area contributed by atoms with E-state index in [1.165, 1.54) is 12.1 Å². The second kappa shape index (κ2) is 8.43.